The first-order valence-corrected chi connectivity index (χ1v) is 10.1. The number of nitrogens with zero attached hydrogens (tertiary/aromatic N) is 1. The minimum absolute atomic E-state index is 0.00657. The van der Waals surface area contributed by atoms with E-state index in [1.807, 2.05) is 35.2 Å². The third-order valence-corrected chi connectivity index (χ3v) is 5.77. The molecule has 1 fully saturated rings. The first-order valence-electron chi connectivity index (χ1n) is 8.46. The Bertz CT molecular complexity index is 850. The fourth-order valence-electron chi connectivity index (χ4n) is 3.16. The number of anilines is 1. The second kappa shape index (κ2) is 7.27. The number of likely N-dealkylation sites (tertiary alicyclic amines) is 1. The van der Waals surface area contributed by atoms with Gasteiger partial charge in [0, 0.05) is 17.8 Å². The summed E-state index contributed by atoms with van der Waals surface area (Å²) in [5.41, 5.74) is 2.05. The van der Waals surface area contributed by atoms with E-state index in [0.29, 0.717) is 17.8 Å². The van der Waals surface area contributed by atoms with Gasteiger partial charge in [0.2, 0.25) is 10.0 Å². The Labute approximate surface area is 148 Å². The van der Waals surface area contributed by atoms with Gasteiger partial charge in [0.25, 0.3) is 5.91 Å². The Hall–Kier alpha value is -2.34. The summed E-state index contributed by atoms with van der Waals surface area (Å²) in [7, 11) is -3.36. The molecule has 1 N–H and O–H groups in total. The molecule has 25 heavy (non-hydrogen) atoms. The van der Waals surface area contributed by atoms with Gasteiger partial charge in [-0.3, -0.25) is 9.52 Å². The molecule has 1 aliphatic heterocycles. The van der Waals surface area contributed by atoms with Gasteiger partial charge in [0.05, 0.1) is 11.8 Å². The Balaban J connectivity index is 1.83. The molecule has 0 bridgehead atoms. The molecule has 1 aliphatic rings. The SMILES string of the molecule is CCS(=O)(=O)Nc1cccc(C(=O)N2CCCC2c2ccccc2)c1. The molecule has 1 saturated heterocycles. The Morgan fingerprint density at radius 2 is 1.92 bits per heavy atom. The molecule has 6 heteroatoms. The van der Waals surface area contributed by atoms with E-state index >= 15 is 0 Å². The van der Waals surface area contributed by atoms with Gasteiger partial charge < -0.3 is 4.90 Å². The van der Waals surface area contributed by atoms with Crippen molar-refractivity contribution in [1.82, 2.24) is 4.90 Å². The number of carbonyl (C=O) groups is 1. The third-order valence-electron chi connectivity index (χ3n) is 4.46. The highest BCUT2D eigenvalue weighted by Crippen LogP contribution is 2.33. The first kappa shape index (κ1) is 17.5. The molecule has 1 unspecified atom stereocenters. The van der Waals surface area contributed by atoms with Gasteiger partial charge in [-0.15, -0.1) is 0 Å². The largest absolute Gasteiger partial charge is 0.332 e. The van der Waals surface area contributed by atoms with Crippen LogP contribution in [0.15, 0.2) is 54.6 Å². The van der Waals surface area contributed by atoms with Crippen LogP contribution in [0.2, 0.25) is 0 Å². The van der Waals surface area contributed by atoms with Gasteiger partial charge >= 0.3 is 0 Å². The van der Waals surface area contributed by atoms with Crippen LogP contribution in [-0.4, -0.2) is 31.5 Å². The number of amides is 1. The van der Waals surface area contributed by atoms with E-state index in [1.54, 1.807) is 31.2 Å². The lowest BCUT2D eigenvalue weighted by atomic mass is 10.0. The molecule has 5 nitrogen and oxygen atoms in total. The van der Waals surface area contributed by atoms with Crippen LogP contribution in [0.5, 0.6) is 0 Å². The normalized spacial score (nSPS) is 17.5. The molecule has 1 amide bonds. The summed E-state index contributed by atoms with van der Waals surface area (Å²) in [6.45, 7) is 2.29. The smallest absolute Gasteiger partial charge is 0.254 e. The van der Waals surface area contributed by atoms with Gasteiger partial charge in [0.15, 0.2) is 0 Å². The molecule has 1 atom stereocenters. The van der Waals surface area contributed by atoms with Crippen molar-refractivity contribution in [2.24, 2.45) is 0 Å². The van der Waals surface area contributed by atoms with Gasteiger partial charge in [-0.1, -0.05) is 36.4 Å². The molecule has 0 aromatic heterocycles. The quantitative estimate of drug-likeness (QED) is 0.890. The number of hydrogen-bond acceptors (Lipinski definition) is 3. The fraction of sp³-hybridized carbons (Fsp3) is 0.316. The predicted octanol–water partition coefficient (Wildman–Crippen LogP) is 3.43. The van der Waals surface area contributed by atoms with Crippen LogP contribution >= 0.6 is 0 Å². The fourth-order valence-corrected chi connectivity index (χ4v) is 3.80. The van der Waals surface area contributed by atoms with Crippen LogP contribution in [0.25, 0.3) is 0 Å². The summed E-state index contributed by atoms with van der Waals surface area (Å²) in [4.78, 5) is 14.8. The van der Waals surface area contributed by atoms with Crippen LogP contribution in [-0.2, 0) is 10.0 Å². The summed E-state index contributed by atoms with van der Waals surface area (Å²) in [5, 5.41) is 0. The van der Waals surface area contributed by atoms with E-state index in [1.165, 1.54) is 0 Å². The van der Waals surface area contributed by atoms with Crippen molar-refractivity contribution in [2.45, 2.75) is 25.8 Å². The van der Waals surface area contributed by atoms with Crippen molar-refractivity contribution in [3.05, 3.63) is 65.7 Å². The lowest BCUT2D eigenvalue weighted by molar-refractivity contribution is 0.0735. The minimum atomic E-state index is -3.36. The van der Waals surface area contributed by atoms with E-state index in [2.05, 4.69) is 4.72 Å². The number of carbonyl (C=O) groups excluding carboxylic acids is 1. The van der Waals surface area contributed by atoms with Crippen LogP contribution in [0.4, 0.5) is 5.69 Å². The van der Waals surface area contributed by atoms with E-state index in [4.69, 9.17) is 0 Å². The second-order valence-electron chi connectivity index (χ2n) is 6.15. The highest BCUT2D eigenvalue weighted by atomic mass is 32.2. The lowest BCUT2D eigenvalue weighted by Crippen LogP contribution is -2.30. The van der Waals surface area contributed by atoms with Crippen LogP contribution in [0.1, 0.15) is 41.7 Å². The molecule has 0 radical (unpaired) electrons. The topological polar surface area (TPSA) is 66.5 Å². The van der Waals surface area contributed by atoms with Gasteiger partial charge in [-0.25, -0.2) is 8.42 Å². The average molecular weight is 358 g/mol. The maximum atomic E-state index is 13.0. The van der Waals surface area contributed by atoms with E-state index in [9.17, 15) is 13.2 Å². The summed E-state index contributed by atoms with van der Waals surface area (Å²) in [6, 6.07) is 16.8. The highest BCUT2D eigenvalue weighted by Gasteiger charge is 2.30. The van der Waals surface area contributed by atoms with Crippen molar-refractivity contribution >= 4 is 21.6 Å². The van der Waals surface area contributed by atoms with E-state index in [-0.39, 0.29) is 17.7 Å². The average Bonchev–Trinajstić information content (AvgIpc) is 3.11. The zero-order chi connectivity index (χ0) is 17.9. The number of hydrogen-bond donors (Lipinski definition) is 1. The van der Waals surface area contributed by atoms with Crippen LogP contribution in [0.3, 0.4) is 0 Å². The van der Waals surface area contributed by atoms with Crippen LogP contribution in [0, 0.1) is 0 Å². The van der Waals surface area contributed by atoms with E-state index in [0.717, 1.165) is 18.4 Å². The minimum Gasteiger partial charge on any atom is -0.332 e. The zero-order valence-electron chi connectivity index (χ0n) is 14.2. The zero-order valence-corrected chi connectivity index (χ0v) is 15.0. The standard InChI is InChI=1S/C19H22N2O3S/c1-2-25(23,24)20-17-11-6-10-16(14-17)19(22)21-13-7-12-18(21)15-8-4-3-5-9-15/h3-6,8-11,14,18,20H,2,7,12-13H2,1H3. The molecule has 2 aromatic rings. The van der Waals surface area contributed by atoms with Gasteiger partial charge in [0.1, 0.15) is 0 Å². The Kier molecular flexibility index (Phi) is 5.08. The first-order chi connectivity index (χ1) is 12.0. The van der Waals surface area contributed by atoms with Gasteiger partial charge in [-0.05, 0) is 43.5 Å². The number of sulfonamides is 1. The van der Waals surface area contributed by atoms with Crippen LogP contribution < -0.4 is 4.72 Å². The number of nitrogens with one attached hydrogen (secondary N) is 1. The molecule has 0 aliphatic carbocycles. The lowest BCUT2D eigenvalue weighted by Gasteiger charge is -2.25. The highest BCUT2D eigenvalue weighted by molar-refractivity contribution is 7.92. The molecular formula is C19H22N2O3S. The predicted molar refractivity (Wildman–Crippen MR) is 99.0 cm³/mol. The molecule has 3 rings (SSSR count). The molecule has 132 valence electrons. The molecule has 0 saturated carbocycles. The molecule has 2 aromatic carbocycles. The Morgan fingerprint density at radius 3 is 2.64 bits per heavy atom. The monoisotopic (exact) mass is 358 g/mol. The van der Waals surface area contributed by atoms with Crippen molar-refractivity contribution in [3.8, 4) is 0 Å². The Morgan fingerprint density at radius 1 is 1.16 bits per heavy atom. The number of benzene rings is 2. The maximum absolute atomic E-state index is 13.0. The third kappa shape index (κ3) is 4.02. The van der Waals surface area contributed by atoms with Crippen molar-refractivity contribution < 1.29 is 13.2 Å². The van der Waals surface area contributed by atoms with Crippen molar-refractivity contribution in [2.75, 3.05) is 17.0 Å². The number of rotatable bonds is 5. The molecule has 1 heterocycles. The van der Waals surface area contributed by atoms with E-state index < -0.39 is 10.0 Å². The summed E-state index contributed by atoms with van der Waals surface area (Å²) in [6.07, 6.45) is 1.91. The second-order valence-corrected chi connectivity index (χ2v) is 8.16. The maximum Gasteiger partial charge on any atom is 0.254 e. The molecule has 0 spiro atoms. The summed E-state index contributed by atoms with van der Waals surface area (Å²) < 4.78 is 26.0. The van der Waals surface area contributed by atoms with Crippen molar-refractivity contribution in [3.63, 3.8) is 0 Å². The molecular weight excluding hydrogens is 336 g/mol. The van der Waals surface area contributed by atoms with Gasteiger partial charge in [-0.2, -0.15) is 0 Å². The summed E-state index contributed by atoms with van der Waals surface area (Å²) in [5.74, 6) is -0.0724. The van der Waals surface area contributed by atoms with Crippen molar-refractivity contribution in [1.29, 1.82) is 0 Å². The summed E-state index contributed by atoms with van der Waals surface area (Å²) >= 11 is 0.